The molecule has 0 aliphatic rings. The van der Waals surface area contributed by atoms with Gasteiger partial charge in [-0.05, 0) is 29.7 Å². The Hall–Kier alpha value is -3.14. The van der Waals surface area contributed by atoms with Gasteiger partial charge in [-0.25, -0.2) is 4.39 Å². The summed E-state index contributed by atoms with van der Waals surface area (Å²) in [7, 11) is 0. The molecule has 1 atom stereocenters. The quantitative estimate of drug-likeness (QED) is 0.649. The van der Waals surface area contributed by atoms with Gasteiger partial charge in [0, 0.05) is 0 Å². The number of halogens is 1. The first-order chi connectivity index (χ1) is 13.2. The maximum absolute atomic E-state index is 13.9. The van der Waals surface area contributed by atoms with Crippen LogP contribution >= 0.6 is 0 Å². The molecule has 1 amide bonds. The van der Waals surface area contributed by atoms with E-state index in [1.54, 1.807) is 12.1 Å². The molecule has 3 rings (SSSR count). The summed E-state index contributed by atoms with van der Waals surface area (Å²) in [5, 5.41) is 3.05. The van der Waals surface area contributed by atoms with Gasteiger partial charge in [-0.3, -0.25) is 4.79 Å². The summed E-state index contributed by atoms with van der Waals surface area (Å²) in [6.07, 6.45) is -0.354. The number of para-hydroxylation sites is 1. The molecule has 0 aromatic heterocycles. The van der Waals surface area contributed by atoms with E-state index in [0.717, 1.165) is 11.1 Å². The maximum Gasteiger partial charge on any atom is 0.261 e. The third-order valence-electron chi connectivity index (χ3n) is 4.32. The molecule has 27 heavy (non-hydrogen) atoms. The Morgan fingerprint density at radius 3 is 1.93 bits per heavy atom. The van der Waals surface area contributed by atoms with Crippen molar-refractivity contribution in [1.82, 2.24) is 5.32 Å². The van der Waals surface area contributed by atoms with E-state index in [1.807, 2.05) is 67.6 Å². The second kappa shape index (κ2) is 8.99. The number of carbonyl (C=O) groups is 1. The molecule has 4 heteroatoms. The number of hydrogen-bond donors (Lipinski definition) is 1. The zero-order chi connectivity index (χ0) is 19.1. The fourth-order valence-electron chi connectivity index (χ4n) is 2.90. The van der Waals surface area contributed by atoms with E-state index in [4.69, 9.17) is 4.74 Å². The van der Waals surface area contributed by atoms with Gasteiger partial charge in [0.25, 0.3) is 5.91 Å². The highest BCUT2D eigenvalue weighted by Crippen LogP contribution is 2.23. The molecule has 0 radical (unpaired) electrons. The van der Waals surface area contributed by atoms with Gasteiger partial charge in [0.05, 0.1) is 6.04 Å². The summed E-state index contributed by atoms with van der Waals surface area (Å²) >= 11 is 0. The van der Waals surface area contributed by atoms with Crippen LogP contribution < -0.4 is 10.1 Å². The van der Waals surface area contributed by atoms with Crippen LogP contribution in [0.1, 0.15) is 30.5 Å². The second-order valence-corrected chi connectivity index (χ2v) is 6.21. The third-order valence-corrected chi connectivity index (χ3v) is 4.32. The van der Waals surface area contributed by atoms with Crippen molar-refractivity contribution in [3.63, 3.8) is 0 Å². The molecule has 3 aromatic carbocycles. The molecule has 3 aromatic rings. The normalized spacial score (nSPS) is 11.8. The van der Waals surface area contributed by atoms with Crippen molar-refractivity contribution in [3.8, 4) is 5.75 Å². The van der Waals surface area contributed by atoms with Crippen LogP contribution in [-0.2, 0) is 4.79 Å². The molecular formula is C23H22FNO2. The fourth-order valence-corrected chi connectivity index (χ4v) is 2.90. The zero-order valence-electron chi connectivity index (χ0n) is 15.1. The minimum atomic E-state index is -0.781. The van der Waals surface area contributed by atoms with Gasteiger partial charge < -0.3 is 10.1 Å². The Balaban J connectivity index is 1.82. The van der Waals surface area contributed by atoms with Gasteiger partial charge in [0.1, 0.15) is 0 Å². The van der Waals surface area contributed by atoms with E-state index in [0.29, 0.717) is 6.42 Å². The van der Waals surface area contributed by atoms with Crippen LogP contribution in [0, 0.1) is 5.82 Å². The molecule has 138 valence electrons. The first-order valence-electron chi connectivity index (χ1n) is 9.00. The minimum absolute atomic E-state index is 0.0791. The smallest absolute Gasteiger partial charge is 0.261 e. The summed E-state index contributed by atoms with van der Waals surface area (Å²) in [5.74, 6) is -0.680. The molecule has 0 heterocycles. The molecule has 0 fully saturated rings. The van der Waals surface area contributed by atoms with E-state index in [9.17, 15) is 9.18 Å². The highest BCUT2D eigenvalue weighted by molar-refractivity contribution is 5.82. The molecule has 1 N–H and O–H groups in total. The number of benzene rings is 3. The lowest BCUT2D eigenvalue weighted by atomic mass is 9.98. The van der Waals surface area contributed by atoms with Crippen LogP contribution in [0.2, 0.25) is 0 Å². The van der Waals surface area contributed by atoms with Gasteiger partial charge >= 0.3 is 0 Å². The lowest BCUT2D eigenvalue weighted by Gasteiger charge is -2.24. The van der Waals surface area contributed by atoms with E-state index < -0.39 is 11.9 Å². The largest absolute Gasteiger partial charge is 0.478 e. The molecule has 0 aliphatic heterocycles. The van der Waals surface area contributed by atoms with Gasteiger partial charge in [0.2, 0.25) is 0 Å². The van der Waals surface area contributed by atoms with Crippen LogP contribution in [0.3, 0.4) is 0 Å². The molecule has 0 saturated heterocycles. The number of ether oxygens (including phenoxy) is 1. The molecular weight excluding hydrogens is 341 g/mol. The highest BCUT2D eigenvalue weighted by atomic mass is 19.1. The second-order valence-electron chi connectivity index (χ2n) is 6.21. The lowest BCUT2D eigenvalue weighted by molar-refractivity contribution is -0.128. The third kappa shape index (κ3) is 4.73. The van der Waals surface area contributed by atoms with Gasteiger partial charge in [0.15, 0.2) is 17.7 Å². The van der Waals surface area contributed by atoms with E-state index in [1.165, 1.54) is 12.1 Å². The summed E-state index contributed by atoms with van der Waals surface area (Å²) in [6.45, 7) is 1.84. The van der Waals surface area contributed by atoms with Crippen LogP contribution in [0.5, 0.6) is 5.75 Å². The number of nitrogens with one attached hydrogen (secondary N) is 1. The van der Waals surface area contributed by atoms with E-state index >= 15 is 0 Å². The van der Waals surface area contributed by atoms with Crippen LogP contribution in [0.25, 0.3) is 0 Å². The fraction of sp³-hybridized carbons (Fsp3) is 0.174. The number of amides is 1. The first-order valence-corrected chi connectivity index (χ1v) is 9.00. The Kier molecular flexibility index (Phi) is 6.21. The molecule has 3 nitrogen and oxygen atoms in total. The molecule has 0 bridgehead atoms. The first kappa shape index (κ1) is 18.6. The molecule has 1 unspecified atom stereocenters. The Labute approximate surface area is 158 Å². The van der Waals surface area contributed by atoms with Gasteiger partial charge in [-0.2, -0.15) is 0 Å². The molecule has 0 aliphatic carbocycles. The predicted molar refractivity (Wildman–Crippen MR) is 104 cm³/mol. The summed E-state index contributed by atoms with van der Waals surface area (Å²) in [6, 6.07) is 25.3. The van der Waals surface area contributed by atoms with Gasteiger partial charge in [-0.15, -0.1) is 0 Å². The topological polar surface area (TPSA) is 38.3 Å². The SMILES string of the molecule is CCC(Oc1ccccc1F)C(=O)NC(c1ccccc1)c1ccccc1. The Morgan fingerprint density at radius 2 is 1.41 bits per heavy atom. The van der Waals surface area contributed by atoms with Crippen molar-refractivity contribution in [1.29, 1.82) is 0 Å². The van der Waals surface area contributed by atoms with Crippen molar-refractivity contribution in [2.75, 3.05) is 0 Å². The minimum Gasteiger partial charge on any atom is -0.478 e. The summed E-state index contributed by atoms with van der Waals surface area (Å²) < 4.78 is 19.5. The average molecular weight is 363 g/mol. The number of rotatable bonds is 7. The monoisotopic (exact) mass is 363 g/mol. The van der Waals surface area contributed by atoms with Crippen molar-refractivity contribution in [2.24, 2.45) is 0 Å². The Morgan fingerprint density at radius 1 is 0.889 bits per heavy atom. The van der Waals surface area contributed by atoms with Crippen molar-refractivity contribution in [3.05, 3.63) is 102 Å². The van der Waals surface area contributed by atoms with Crippen LogP contribution in [0.15, 0.2) is 84.9 Å². The summed E-state index contributed by atoms with van der Waals surface area (Å²) in [5.41, 5.74) is 1.94. The summed E-state index contributed by atoms with van der Waals surface area (Å²) in [4.78, 5) is 12.9. The van der Waals surface area contributed by atoms with Crippen molar-refractivity contribution < 1.29 is 13.9 Å². The Bertz CT molecular complexity index is 828. The maximum atomic E-state index is 13.9. The highest BCUT2D eigenvalue weighted by Gasteiger charge is 2.24. The predicted octanol–water partition coefficient (Wildman–Crippen LogP) is 4.89. The van der Waals surface area contributed by atoms with Crippen molar-refractivity contribution in [2.45, 2.75) is 25.5 Å². The van der Waals surface area contributed by atoms with Crippen LogP contribution in [0.4, 0.5) is 4.39 Å². The van der Waals surface area contributed by atoms with E-state index in [2.05, 4.69) is 5.32 Å². The standard InChI is InChI=1S/C23H22FNO2/c1-2-20(27-21-16-10-9-15-19(21)24)23(26)25-22(17-11-5-3-6-12-17)18-13-7-4-8-14-18/h3-16,20,22H,2H2,1H3,(H,25,26). The molecule has 0 spiro atoms. The van der Waals surface area contributed by atoms with Gasteiger partial charge in [-0.1, -0.05) is 79.7 Å². The number of carbonyl (C=O) groups excluding carboxylic acids is 1. The lowest BCUT2D eigenvalue weighted by Crippen LogP contribution is -2.40. The van der Waals surface area contributed by atoms with E-state index in [-0.39, 0.29) is 17.7 Å². The van der Waals surface area contributed by atoms with Crippen LogP contribution in [-0.4, -0.2) is 12.0 Å². The molecule has 0 saturated carbocycles. The average Bonchev–Trinajstić information content (AvgIpc) is 2.72. The van der Waals surface area contributed by atoms with Crippen molar-refractivity contribution >= 4 is 5.91 Å². The zero-order valence-corrected chi connectivity index (χ0v) is 15.1. The number of hydrogen-bond acceptors (Lipinski definition) is 2.